The van der Waals surface area contributed by atoms with Gasteiger partial charge in [-0.05, 0) is 0 Å². The Kier molecular flexibility index (Phi) is 6.80. The van der Waals surface area contributed by atoms with Gasteiger partial charge < -0.3 is 0 Å². The molecule has 0 amide bonds. The fraction of sp³-hybridized carbons (Fsp3) is 0.276. The van der Waals surface area contributed by atoms with Crippen LogP contribution >= 0.6 is 0 Å². The van der Waals surface area contributed by atoms with Crippen LogP contribution in [0.5, 0.6) is 0 Å². The molecule has 0 saturated carbocycles. The van der Waals surface area contributed by atoms with E-state index >= 15 is 0 Å². The minimum atomic E-state index is -3.51. The molecule has 0 radical (unpaired) electrons. The zero-order valence-electron chi connectivity index (χ0n) is 20.0. The summed E-state index contributed by atoms with van der Waals surface area (Å²) in [7, 11) is 0. The summed E-state index contributed by atoms with van der Waals surface area (Å²) in [5.74, 6) is -0.186. The van der Waals surface area contributed by atoms with Crippen molar-refractivity contribution in [2.75, 3.05) is 0 Å². The van der Waals surface area contributed by atoms with Crippen LogP contribution in [0, 0.1) is 5.82 Å². The molecule has 0 aliphatic rings. The van der Waals surface area contributed by atoms with Crippen molar-refractivity contribution in [1.82, 2.24) is 7.77 Å². The summed E-state index contributed by atoms with van der Waals surface area (Å²) < 4.78 is 19.9. The van der Waals surface area contributed by atoms with Crippen molar-refractivity contribution >= 4 is 22.2 Å². The number of halogens is 1. The van der Waals surface area contributed by atoms with E-state index in [-0.39, 0.29) is 16.6 Å². The predicted molar refractivity (Wildman–Crippen MR) is 138 cm³/mol. The van der Waals surface area contributed by atoms with Gasteiger partial charge >= 0.3 is 202 Å². The maximum absolute atomic E-state index is 14.0. The molecule has 0 spiro atoms. The summed E-state index contributed by atoms with van der Waals surface area (Å²) in [5, 5.41) is 0. The van der Waals surface area contributed by atoms with Gasteiger partial charge in [-0.1, -0.05) is 0 Å². The van der Waals surface area contributed by atoms with E-state index in [0.29, 0.717) is 0 Å². The fourth-order valence-electron chi connectivity index (χ4n) is 5.32. The number of nitrogens with zero attached hydrogens (tertiary/aromatic N) is 2. The molecule has 0 aliphatic heterocycles. The summed E-state index contributed by atoms with van der Waals surface area (Å²) in [6.07, 6.45) is 6.03. The van der Waals surface area contributed by atoms with Gasteiger partial charge in [0.2, 0.25) is 0 Å². The molecule has 3 aromatic carbocycles. The van der Waals surface area contributed by atoms with Crippen molar-refractivity contribution in [3.8, 4) is 0 Å². The summed E-state index contributed by atoms with van der Waals surface area (Å²) >= 11 is -3.51. The molecule has 0 fully saturated rings. The summed E-state index contributed by atoms with van der Waals surface area (Å²) in [6.45, 7) is 9.40. The Morgan fingerprint density at radius 2 is 1.21 bits per heavy atom. The Morgan fingerprint density at radius 3 is 1.64 bits per heavy atom. The fourth-order valence-corrected chi connectivity index (χ4v) is 22.3. The molecule has 0 bridgehead atoms. The SMILES string of the molecule is CC(C)([CH2][Sn]([CH2]C(C)(C)c1ccccc1)([c]1ccc(F)cc1)[n]1ccnc1)c1ccccc1. The van der Waals surface area contributed by atoms with E-state index in [2.05, 4.69) is 102 Å². The molecule has 0 N–H and O–H groups in total. The molecule has 0 aliphatic carbocycles. The first-order chi connectivity index (χ1) is 15.7. The molecule has 1 heterocycles. The van der Waals surface area contributed by atoms with Gasteiger partial charge in [0.05, 0.1) is 0 Å². The molecular weight excluding hydrogens is 514 g/mol. The summed E-state index contributed by atoms with van der Waals surface area (Å²) in [6, 6.07) is 28.9. The van der Waals surface area contributed by atoms with E-state index in [1.165, 1.54) is 14.7 Å². The maximum atomic E-state index is 14.0. The molecule has 0 unspecified atom stereocenters. The third-order valence-corrected chi connectivity index (χ3v) is 22.9. The van der Waals surface area contributed by atoms with E-state index in [1.807, 2.05) is 24.7 Å². The number of benzene rings is 3. The van der Waals surface area contributed by atoms with Gasteiger partial charge in [0, 0.05) is 0 Å². The first-order valence-corrected chi connectivity index (χ1v) is 18.3. The van der Waals surface area contributed by atoms with Crippen LogP contribution in [-0.4, -0.2) is 26.4 Å². The van der Waals surface area contributed by atoms with Crippen molar-refractivity contribution in [2.45, 2.75) is 47.4 Å². The van der Waals surface area contributed by atoms with E-state index in [9.17, 15) is 4.39 Å². The molecule has 4 aromatic rings. The van der Waals surface area contributed by atoms with Crippen LogP contribution in [0.25, 0.3) is 0 Å². The predicted octanol–water partition coefficient (Wildman–Crippen LogP) is 6.68. The number of aromatic nitrogens is 2. The van der Waals surface area contributed by atoms with Crippen LogP contribution in [-0.2, 0) is 10.8 Å². The van der Waals surface area contributed by atoms with Crippen LogP contribution in [0.1, 0.15) is 38.8 Å². The van der Waals surface area contributed by atoms with Crippen molar-refractivity contribution in [3.05, 3.63) is 121 Å². The van der Waals surface area contributed by atoms with Crippen LogP contribution in [0.15, 0.2) is 104 Å². The normalized spacial score (nSPS) is 12.6. The zero-order valence-corrected chi connectivity index (χ0v) is 22.9. The molecule has 1 aromatic heterocycles. The average molecular weight is 547 g/mol. The third-order valence-electron chi connectivity index (χ3n) is 6.96. The summed E-state index contributed by atoms with van der Waals surface area (Å²) in [5.41, 5.74) is 2.60. The second-order valence-electron chi connectivity index (χ2n) is 10.4. The van der Waals surface area contributed by atoms with E-state index < -0.39 is 18.7 Å². The van der Waals surface area contributed by atoms with Crippen LogP contribution < -0.4 is 3.58 Å². The molecular formula is C29H33FN2Sn. The van der Waals surface area contributed by atoms with Gasteiger partial charge in [-0.2, -0.15) is 0 Å². The van der Waals surface area contributed by atoms with Gasteiger partial charge in [-0.15, -0.1) is 0 Å². The molecule has 0 atom stereocenters. The monoisotopic (exact) mass is 548 g/mol. The number of hydrogen-bond donors (Lipinski definition) is 0. The molecule has 170 valence electrons. The Bertz CT molecular complexity index is 1100. The van der Waals surface area contributed by atoms with Crippen molar-refractivity contribution < 1.29 is 4.39 Å². The van der Waals surface area contributed by atoms with E-state index in [4.69, 9.17) is 0 Å². The van der Waals surface area contributed by atoms with Gasteiger partial charge in [0.15, 0.2) is 0 Å². The first kappa shape index (κ1) is 23.7. The number of imidazole rings is 1. The molecule has 0 saturated heterocycles. The van der Waals surface area contributed by atoms with Gasteiger partial charge in [-0.3, -0.25) is 0 Å². The molecule has 4 rings (SSSR count). The average Bonchev–Trinajstić information content (AvgIpc) is 3.36. The minimum absolute atomic E-state index is 0.0389. The third kappa shape index (κ3) is 5.08. The Morgan fingerprint density at radius 1 is 0.727 bits per heavy atom. The Labute approximate surface area is 201 Å². The number of hydrogen-bond acceptors (Lipinski definition) is 1. The van der Waals surface area contributed by atoms with Crippen LogP contribution in [0.4, 0.5) is 4.39 Å². The molecule has 33 heavy (non-hydrogen) atoms. The van der Waals surface area contributed by atoms with Gasteiger partial charge in [0.25, 0.3) is 0 Å². The topological polar surface area (TPSA) is 17.8 Å². The first-order valence-electron chi connectivity index (χ1n) is 11.6. The van der Waals surface area contributed by atoms with E-state index in [0.717, 1.165) is 8.87 Å². The number of rotatable bonds is 8. The summed E-state index contributed by atoms with van der Waals surface area (Å²) in [4.78, 5) is 4.48. The second kappa shape index (κ2) is 9.46. The van der Waals surface area contributed by atoms with Crippen molar-refractivity contribution in [3.63, 3.8) is 0 Å². The van der Waals surface area contributed by atoms with Gasteiger partial charge in [0.1, 0.15) is 0 Å². The molecule has 4 heteroatoms. The van der Waals surface area contributed by atoms with Crippen molar-refractivity contribution in [1.29, 1.82) is 0 Å². The van der Waals surface area contributed by atoms with Crippen molar-refractivity contribution in [2.24, 2.45) is 0 Å². The van der Waals surface area contributed by atoms with Crippen LogP contribution in [0.2, 0.25) is 8.87 Å². The second-order valence-corrected chi connectivity index (χ2v) is 21.4. The van der Waals surface area contributed by atoms with Crippen LogP contribution in [0.3, 0.4) is 0 Å². The van der Waals surface area contributed by atoms with Gasteiger partial charge in [-0.25, -0.2) is 0 Å². The standard InChI is InChI=1S/2C10H13.C6H4F.C3H3N2.Sn/c2*1-10(2,3)9-7-5-4-6-8-9;7-6-4-2-1-3-5-6;1-2-5-3-4-1;/h2*4-8H,1H2,2-3H3;2-5H;1-3H;/q;;;-1;+1. The Hall–Kier alpha value is -2.40. The Balaban J connectivity index is 1.90. The zero-order chi connectivity index (χ0) is 23.5. The van der Waals surface area contributed by atoms with E-state index in [1.54, 1.807) is 12.1 Å². The molecule has 2 nitrogen and oxygen atoms in total. The quantitative estimate of drug-likeness (QED) is 0.225.